The monoisotopic (exact) mass is 256 g/mol. The second-order valence-corrected chi connectivity index (χ2v) is 4.25. The standard InChI is InChI=1S/C15H16N2O2/c1-11-2-4-12(5-3-11)13-6-8-14(9-7-13)19-10-15(18)17-16/h2-9H,10,16H2,1H3,(H,17,18). The lowest BCUT2D eigenvalue weighted by atomic mass is 10.0. The number of hydrazine groups is 1. The summed E-state index contributed by atoms with van der Waals surface area (Å²) in [7, 11) is 0. The van der Waals surface area contributed by atoms with Crippen LogP contribution in [0.3, 0.4) is 0 Å². The van der Waals surface area contributed by atoms with Crippen molar-refractivity contribution in [2.24, 2.45) is 5.84 Å². The third-order valence-electron chi connectivity index (χ3n) is 2.77. The Kier molecular flexibility index (Phi) is 4.15. The van der Waals surface area contributed by atoms with Gasteiger partial charge in [0.2, 0.25) is 0 Å². The molecule has 0 aliphatic carbocycles. The molecule has 4 heteroatoms. The number of nitrogens with two attached hydrogens (primary N) is 1. The molecule has 0 saturated carbocycles. The number of aryl methyl sites for hydroxylation is 1. The van der Waals surface area contributed by atoms with Gasteiger partial charge in [-0.2, -0.15) is 0 Å². The van der Waals surface area contributed by atoms with Crippen LogP contribution in [0.25, 0.3) is 11.1 Å². The van der Waals surface area contributed by atoms with Crippen LogP contribution >= 0.6 is 0 Å². The van der Waals surface area contributed by atoms with Crippen molar-refractivity contribution in [2.75, 3.05) is 6.61 Å². The van der Waals surface area contributed by atoms with Gasteiger partial charge in [-0.3, -0.25) is 10.2 Å². The van der Waals surface area contributed by atoms with E-state index in [9.17, 15) is 4.79 Å². The number of amides is 1. The zero-order valence-corrected chi connectivity index (χ0v) is 10.7. The Balaban J connectivity index is 2.06. The van der Waals surface area contributed by atoms with Crippen molar-refractivity contribution in [2.45, 2.75) is 6.92 Å². The molecule has 0 aliphatic heterocycles. The normalized spacial score (nSPS) is 10.0. The van der Waals surface area contributed by atoms with Crippen molar-refractivity contribution < 1.29 is 9.53 Å². The minimum absolute atomic E-state index is 0.0830. The SMILES string of the molecule is Cc1ccc(-c2ccc(OCC(=O)NN)cc2)cc1. The van der Waals surface area contributed by atoms with E-state index in [1.165, 1.54) is 5.56 Å². The number of carbonyl (C=O) groups is 1. The molecule has 19 heavy (non-hydrogen) atoms. The molecular weight excluding hydrogens is 240 g/mol. The van der Waals surface area contributed by atoms with Gasteiger partial charge in [-0.1, -0.05) is 42.0 Å². The number of carbonyl (C=O) groups excluding carboxylic acids is 1. The van der Waals surface area contributed by atoms with Crippen molar-refractivity contribution in [1.29, 1.82) is 0 Å². The van der Waals surface area contributed by atoms with E-state index in [2.05, 4.69) is 31.2 Å². The van der Waals surface area contributed by atoms with Crippen molar-refractivity contribution in [3.8, 4) is 16.9 Å². The van der Waals surface area contributed by atoms with Crippen LogP contribution in [0.1, 0.15) is 5.56 Å². The van der Waals surface area contributed by atoms with E-state index in [4.69, 9.17) is 10.6 Å². The van der Waals surface area contributed by atoms with Gasteiger partial charge in [0, 0.05) is 0 Å². The van der Waals surface area contributed by atoms with Gasteiger partial charge in [0.05, 0.1) is 0 Å². The smallest absolute Gasteiger partial charge is 0.271 e. The van der Waals surface area contributed by atoms with Crippen LogP contribution in [0.15, 0.2) is 48.5 Å². The zero-order valence-electron chi connectivity index (χ0n) is 10.7. The molecule has 98 valence electrons. The highest BCUT2D eigenvalue weighted by Gasteiger charge is 2.01. The molecule has 0 radical (unpaired) electrons. The summed E-state index contributed by atoms with van der Waals surface area (Å²) >= 11 is 0. The molecule has 4 nitrogen and oxygen atoms in total. The second-order valence-electron chi connectivity index (χ2n) is 4.25. The average molecular weight is 256 g/mol. The van der Waals surface area contributed by atoms with E-state index < -0.39 is 0 Å². The molecule has 2 aromatic carbocycles. The van der Waals surface area contributed by atoms with Gasteiger partial charge < -0.3 is 4.74 Å². The Labute approximate surface area is 112 Å². The van der Waals surface area contributed by atoms with Gasteiger partial charge in [0.15, 0.2) is 6.61 Å². The molecule has 0 bridgehead atoms. The lowest BCUT2D eigenvalue weighted by molar-refractivity contribution is -0.123. The Bertz CT molecular complexity index is 547. The van der Waals surface area contributed by atoms with Crippen LogP contribution in [0.5, 0.6) is 5.75 Å². The highest BCUT2D eigenvalue weighted by Crippen LogP contribution is 2.22. The molecule has 0 saturated heterocycles. The van der Waals surface area contributed by atoms with Crippen LogP contribution in [-0.2, 0) is 4.79 Å². The first-order valence-electron chi connectivity index (χ1n) is 5.98. The summed E-state index contributed by atoms with van der Waals surface area (Å²) in [6.07, 6.45) is 0. The maximum Gasteiger partial charge on any atom is 0.271 e. The number of rotatable bonds is 4. The second kappa shape index (κ2) is 6.02. The maximum absolute atomic E-state index is 10.9. The summed E-state index contributed by atoms with van der Waals surface area (Å²) in [5, 5.41) is 0. The molecule has 0 unspecified atom stereocenters. The molecule has 0 fully saturated rings. The molecule has 0 atom stereocenters. The lowest BCUT2D eigenvalue weighted by Gasteiger charge is -2.06. The van der Waals surface area contributed by atoms with Crippen molar-refractivity contribution in [1.82, 2.24) is 5.43 Å². The Morgan fingerprint density at radius 3 is 2.11 bits per heavy atom. The number of ether oxygens (including phenoxy) is 1. The van der Waals surface area contributed by atoms with Crippen LogP contribution in [0.4, 0.5) is 0 Å². The van der Waals surface area contributed by atoms with E-state index in [1.54, 1.807) is 0 Å². The van der Waals surface area contributed by atoms with Crippen LogP contribution in [-0.4, -0.2) is 12.5 Å². The Morgan fingerprint density at radius 1 is 1.05 bits per heavy atom. The third-order valence-corrected chi connectivity index (χ3v) is 2.77. The average Bonchev–Trinajstić information content (AvgIpc) is 2.46. The Hall–Kier alpha value is -2.33. The van der Waals surface area contributed by atoms with Crippen molar-refractivity contribution in [3.63, 3.8) is 0 Å². The van der Waals surface area contributed by atoms with Gasteiger partial charge in [0.1, 0.15) is 5.75 Å². The molecular formula is C15H16N2O2. The van der Waals surface area contributed by atoms with Crippen LogP contribution < -0.4 is 16.0 Å². The fourth-order valence-corrected chi connectivity index (χ4v) is 1.68. The number of hydrogen-bond acceptors (Lipinski definition) is 3. The third kappa shape index (κ3) is 3.56. The topological polar surface area (TPSA) is 64.3 Å². The number of nitrogens with one attached hydrogen (secondary N) is 1. The summed E-state index contributed by atoms with van der Waals surface area (Å²) in [6.45, 7) is 1.98. The first-order chi connectivity index (χ1) is 9.19. The highest BCUT2D eigenvalue weighted by molar-refractivity contribution is 5.76. The summed E-state index contributed by atoms with van der Waals surface area (Å²) in [5.41, 5.74) is 5.50. The molecule has 0 aliphatic rings. The number of benzene rings is 2. The predicted molar refractivity (Wildman–Crippen MR) is 74.4 cm³/mol. The highest BCUT2D eigenvalue weighted by atomic mass is 16.5. The van der Waals surface area contributed by atoms with Gasteiger partial charge in [-0.05, 0) is 30.2 Å². The van der Waals surface area contributed by atoms with E-state index >= 15 is 0 Å². The fourth-order valence-electron chi connectivity index (χ4n) is 1.68. The largest absolute Gasteiger partial charge is 0.484 e. The quantitative estimate of drug-likeness (QED) is 0.500. The minimum atomic E-state index is -0.359. The van der Waals surface area contributed by atoms with Gasteiger partial charge >= 0.3 is 0 Å². The summed E-state index contributed by atoms with van der Waals surface area (Å²) in [6, 6.07) is 15.9. The molecule has 0 aromatic heterocycles. The Morgan fingerprint density at radius 2 is 1.58 bits per heavy atom. The van der Waals surface area contributed by atoms with Gasteiger partial charge in [-0.25, -0.2) is 5.84 Å². The van der Waals surface area contributed by atoms with Gasteiger partial charge in [0.25, 0.3) is 5.91 Å². The van der Waals surface area contributed by atoms with Crippen LogP contribution in [0.2, 0.25) is 0 Å². The predicted octanol–water partition coefficient (Wildman–Crippen LogP) is 2.03. The summed E-state index contributed by atoms with van der Waals surface area (Å²) in [4.78, 5) is 10.9. The molecule has 0 spiro atoms. The molecule has 2 rings (SSSR count). The minimum Gasteiger partial charge on any atom is -0.484 e. The molecule has 3 N–H and O–H groups in total. The zero-order chi connectivity index (χ0) is 13.7. The van der Waals surface area contributed by atoms with Crippen molar-refractivity contribution >= 4 is 5.91 Å². The first-order valence-corrected chi connectivity index (χ1v) is 5.98. The number of hydrogen-bond donors (Lipinski definition) is 2. The molecule has 2 aromatic rings. The first kappa shape index (κ1) is 13.1. The fraction of sp³-hybridized carbons (Fsp3) is 0.133. The maximum atomic E-state index is 10.9. The molecule has 0 heterocycles. The van der Waals surface area contributed by atoms with Crippen molar-refractivity contribution in [3.05, 3.63) is 54.1 Å². The van der Waals surface area contributed by atoms with Crippen LogP contribution in [0, 0.1) is 6.92 Å². The van der Waals surface area contributed by atoms with E-state index in [0.717, 1.165) is 11.1 Å². The van der Waals surface area contributed by atoms with E-state index in [-0.39, 0.29) is 12.5 Å². The van der Waals surface area contributed by atoms with Gasteiger partial charge in [-0.15, -0.1) is 0 Å². The van der Waals surface area contributed by atoms with E-state index in [0.29, 0.717) is 5.75 Å². The lowest BCUT2D eigenvalue weighted by Crippen LogP contribution is -2.34. The molecule has 1 amide bonds. The van der Waals surface area contributed by atoms with E-state index in [1.807, 2.05) is 29.7 Å². The summed E-state index contributed by atoms with van der Waals surface area (Å²) < 4.78 is 5.28. The summed E-state index contributed by atoms with van der Waals surface area (Å²) in [5.74, 6) is 5.25.